The summed E-state index contributed by atoms with van der Waals surface area (Å²) in [7, 11) is 1.65. The van der Waals surface area contributed by atoms with Crippen LogP contribution in [-0.2, 0) is 0 Å². The Labute approximate surface area is 147 Å². The smallest absolute Gasteiger partial charge is 0.348 e. The van der Waals surface area contributed by atoms with Crippen molar-refractivity contribution in [2.75, 3.05) is 7.11 Å². The van der Waals surface area contributed by atoms with Gasteiger partial charge in [-0.1, -0.05) is 24.3 Å². The molecule has 25 heavy (non-hydrogen) atoms. The molecule has 1 aliphatic rings. The van der Waals surface area contributed by atoms with Crippen LogP contribution in [-0.4, -0.2) is 16.7 Å². The molecule has 0 spiro atoms. The van der Waals surface area contributed by atoms with E-state index in [0.29, 0.717) is 5.92 Å². The fraction of sp³-hybridized carbons (Fsp3) is 0.333. The zero-order valence-corrected chi connectivity index (χ0v) is 14.8. The molecule has 0 bridgehead atoms. The summed E-state index contributed by atoms with van der Waals surface area (Å²) in [5.74, 6) is 1.48. The van der Waals surface area contributed by atoms with E-state index in [0.717, 1.165) is 27.9 Å². The molecule has 4 rings (SSSR count). The largest absolute Gasteiger partial charge is 0.497 e. The molecule has 4 nitrogen and oxygen atoms in total. The van der Waals surface area contributed by atoms with Crippen LogP contribution >= 0.6 is 0 Å². The monoisotopic (exact) mass is 334 g/mol. The number of fused-ring (bicyclic) bond motifs is 1. The van der Waals surface area contributed by atoms with Crippen LogP contribution in [0.3, 0.4) is 0 Å². The van der Waals surface area contributed by atoms with Gasteiger partial charge in [-0.15, -0.1) is 0 Å². The van der Waals surface area contributed by atoms with E-state index in [-0.39, 0.29) is 11.7 Å². The molecular weight excluding hydrogens is 312 g/mol. The highest BCUT2D eigenvalue weighted by atomic mass is 16.5. The second-order valence-electron chi connectivity index (χ2n) is 6.99. The van der Waals surface area contributed by atoms with Crippen molar-refractivity contribution in [3.05, 3.63) is 58.5 Å². The number of ether oxygens (including phenoxy) is 1. The summed E-state index contributed by atoms with van der Waals surface area (Å²) in [6.07, 6.45) is 2.56. The van der Waals surface area contributed by atoms with Crippen LogP contribution < -0.4 is 10.4 Å². The van der Waals surface area contributed by atoms with Crippen LogP contribution in [0.5, 0.6) is 5.75 Å². The van der Waals surface area contributed by atoms with Crippen LogP contribution in [0.15, 0.2) is 47.3 Å². The minimum absolute atomic E-state index is 0.0437. The molecule has 1 fully saturated rings. The van der Waals surface area contributed by atoms with E-state index in [1.54, 1.807) is 11.7 Å². The second kappa shape index (κ2) is 6.03. The molecule has 1 aromatic heterocycles. The lowest BCUT2D eigenvalue weighted by Gasteiger charge is -2.16. The maximum atomic E-state index is 12.6. The molecule has 1 saturated carbocycles. The minimum atomic E-state index is -0.214. The first-order valence-corrected chi connectivity index (χ1v) is 8.79. The number of hydrogen-bond acceptors (Lipinski definition) is 3. The summed E-state index contributed by atoms with van der Waals surface area (Å²) in [5, 5.41) is 0.937. The third kappa shape index (κ3) is 2.82. The van der Waals surface area contributed by atoms with Crippen molar-refractivity contribution in [3.8, 4) is 17.0 Å². The Morgan fingerprint density at radius 3 is 2.44 bits per heavy atom. The van der Waals surface area contributed by atoms with Crippen LogP contribution in [0.4, 0.5) is 0 Å². The average Bonchev–Trinajstić information content (AvgIpc) is 3.45. The number of rotatable bonds is 4. The Balaban J connectivity index is 1.95. The lowest BCUT2D eigenvalue weighted by molar-refractivity contribution is 0.415. The lowest BCUT2D eigenvalue weighted by atomic mass is 10.0. The first-order chi connectivity index (χ1) is 12.1. The normalized spacial score (nSPS) is 14.2. The van der Waals surface area contributed by atoms with Gasteiger partial charge in [-0.2, -0.15) is 4.98 Å². The third-order valence-electron chi connectivity index (χ3n) is 4.88. The average molecular weight is 334 g/mol. The SMILES string of the molecule is COc1ccc2c(c1)c(-c1ccc(C3CC3)cc1)nc(=O)n2C(C)C. The van der Waals surface area contributed by atoms with Crippen molar-refractivity contribution in [3.63, 3.8) is 0 Å². The molecule has 0 saturated heterocycles. The molecule has 1 heterocycles. The summed E-state index contributed by atoms with van der Waals surface area (Å²) in [6.45, 7) is 3.99. The van der Waals surface area contributed by atoms with Crippen molar-refractivity contribution in [2.24, 2.45) is 0 Å². The Bertz CT molecular complexity index is 983. The Morgan fingerprint density at radius 1 is 1.12 bits per heavy atom. The summed E-state index contributed by atoms with van der Waals surface area (Å²) < 4.78 is 7.12. The molecule has 0 unspecified atom stereocenters. The molecule has 128 valence electrons. The summed E-state index contributed by atoms with van der Waals surface area (Å²) in [5.41, 5.74) is 3.74. The fourth-order valence-corrected chi connectivity index (χ4v) is 3.40. The predicted octanol–water partition coefficient (Wildman–Crippen LogP) is 4.53. The van der Waals surface area contributed by atoms with Crippen LogP contribution in [0.2, 0.25) is 0 Å². The van der Waals surface area contributed by atoms with E-state index >= 15 is 0 Å². The second-order valence-corrected chi connectivity index (χ2v) is 6.99. The van der Waals surface area contributed by atoms with Gasteiger partial charge in [0.1, 0.15) is 5.75 Å². The maximum absolute atomic E-state index is 12.6. The van der Waals surface area contributed by atoms with Gasteiger partial charge in [-0.05, 0) is 56.4 Å². The number of methoxy groups -OCH3 is 1. The number of benzene rings is 2. The first-order valence-electron chi connectivity index (χ1n) is 8.79. The lowest BCUT2D eigenvalue weighted by Crippen LogP contribution is -2.25. The first kappa shape index (κ1) is 15.9. The van der Waals surface area contributed by atoms with E-state index in [9.17, 15) is 4.79 Å². The van der Waals surface area contributed by atoms with Gasteiger partial charge >= 0.3 is 5.69 Å². The number of aromatic nitrogens is 2. The fourth-order valence-electron chi connectivity index (χ4n) is 3.40. The molecule has 0 atom stereocenters. The van der Waals surface area contributed by atoms with Crippen LogP contribution in [0, 0.1) is 0 Å². The van der Waals surface area contributed by atoms with Gasteiger partial charge in [0.25, 0.3) is 0 Å². The maximum Gasteiger partial charge on any atom is 0.348 e. The molecule has 0 N–H and O–H groups in total. The third-order valence-corrected chi connectivity index (χ3v) is 4.88. The summed E-state index contributed by atoms with van der Waals surface area (Å²) >= 11 is 0. The minimum Gasteiger partial charge on any atom is -0.497 e. The van der Waals surface area contributed by atoms with E-state index in [2.05, 4.69) is 29.2 Å². The van der Waals surface area contributed by atoms with Crippen molar-refractivity contribution in [1.82, 2.24) is 9.55 Å². The van der Waals surface area contributed by atoms with Gasteiger partial charge in [0.05, 0.1) is 18.3 Å². The van der Waals surface area contributed by atoms with Crippen molar-refractivity contribution in [2.45, 2.75) is 38.6 Å². The molecule has 0 aliphatic heterocycles. The molecule has 3 aromatic rings. The van der Waals surface area contributed by atoms with E-state index in [1.165, 1.54) is 18.4 Å². The van der Waals surface area contributed by atoms with Gasteiger partial charge in [0, 0.05) is 17.0 Å². The van der Waals surface area contributed by atoms with Crippen molar-refractivity contribution in [1.29, 1.82) is 0 Å². The number of nitrogens with zero attached hydrogens (tertiary/aromatic N) is 2. The van der Waals surface area contributed by atoms with Crippen LogP contribution in [0.1, 0.15) is 44.2 Å². The highest BCUT2D eigenvalue weighted by Gasteiger charge is 2.23. The molecule has 2 aromatic carbocycles. The zero-order chi connectivity index (χ0) is 17.6. The highest BCUT2D eigenvalue weighted by Crippen LogP contribution is 2.40. The van der Waals surface area contributed by atoms with E-state index < -0.39 is 0 Å². The molecule has 0 amide bonds. The molecule has 4 heteroatoms. The molecular formula is C21H22N2O2. The standard InChI is InChI=1S/C21H22N2O2/c1-13(2)23-19-11-10-17(25-3)12-18(19)20(22-21(23)24)16-8-6-15(7-9-16)14-4-5-14/h6-14H,4-5H2,1-3H3. The molecule has 1 aliphatic carbocycles. The van der Waals surface area contributed by atoms with E-state index in [4.69, 9.17) is 4.74 Å². The van der Waals surface area contributed by atoms with Crippen molar-refractivity contribution < 1.29 is 4.74 Å². The quantitative estimate of drug-likeness (QED) is 0.704. The summed E-state index contributed by atoms with van der Waals surface area (Å²) in [4.78, 5) is 17.0. The predicted molar refractivity (Wildman–Crippen MR) is 100 cm³/mol. The van der Waals surface area contributed by atoms with Gasteiger partial charge in [0.15, 0.2) is 0 Å². The van der Waals surface area contributed by atoms with Gasteiger partial charge in [0.2, 0.25) is 0 Å². The Kier molecular flexibility index (Phi) is 3.83. The topological polar surface area (TPSA) is 44.1 Å². The van der Waals surface area contributed by atoms with Gasteiger partial charge in [-0.3, -0.25) is 4.57 Å². The van der Waals surface area contributed by atoms with Gasteiger partial charge < -0.3 is 4.74 Å². The van der Waals surface area contributed by atoms with Crippen LogP contribution in [0.25, 0.3) is 22.2 Å². The highest BCUT2D eigenvalue weighted by molar-refractivity contribution is 5.93. The zero-order valence-electron chi connectivity index (χ0n) is 14.8. The summed E-state index contributed by atoms with van der Waals surface area (Å²) in [6, 6.07) is 14.3. The van der Waals surface area contributed by atoms with Crippen molar-refractivity contribution >= 4 is 10.9 Å². The Morgan fingerprint density at radius 2 is 1.84 bits per heavy atom. The number of hydrogen-bond donors (Lipinski definition) is 0. The molecule has 0 radical (unpaired) electrons. The van der Waals surface area contributed by atoms with E-state index in [1.807, 2.05) is 32.0 Å². The Hall–Kier alpha value is -2.62. The van der Waals surface area contributed by atoms with Gasteiger partial charge in [-0.25, -0.2) is 4.79 Å².